The fourth-order valence-electron chi connectivity index (χ4n) is 2.21. The van der Waals surface area contributed by atoms with E-state index in [-0.39, 0.29) is 5.91 Å². The molecule has 2 aromatic rings. The van der Waals surface area contributed by atoms with Crippen LogP contribution in [0.3, 0.4) is 0 Å². The van der Waals surface area contributed by atoms with Crippen LogP contribution < -0.4 is 15.5 Å². The monoisotopic (exact) mass is 326 g/mol. The van der Waals surface area contributed by atoms with E-state index in [4.69, 9.17) is 0 Å². The average Bonchev–Trinajstić information content (AvgIpc) is 2.55. The summed E-state index contributed by atoms with van der Waals surface area (Å²) in [4.78, 5) is 18.5. The molecule has 0 fully saturated rings. The summed E-state index contributed by atoms with van der Waals surface area (Å²) in [6.45, 7) is 4.97. The average molecular weight is 326 g/mol. The fraction of sp³-hybridized carbons (Fsp3) is 0.368. The zero-order chi connectivity index (χ0) is 17.5. The van der Waals surface area contributed by atoms with Gasteiger partial charge >= 0.3 is 0 Å². The van der Waals surface area contributed by atoms with Gasteiger partial charge < -0.3 is 15.5 Å². The van der Waals surface area contributed by atoms with E-state index in [2.05, 4.69) is 29.5 Å². The number of hydrogen-bond acceptors (Lipinski definition) is 4. The number of amides is 1. The highest BCUT2D eigenvalue weighted by atomic mass is 16.1. The number of pyridine rings is 1. The SMILES string of the molecule is CC(C)CCNC(=O)c1ccnc(Nc2ccc(N(C)C)cc2)c1. The van der Waals surface area contributed by atoms with Crippen LogP contribution in [0, 0.1) is 5.92 Å². The molecule has 0 aliphatic rings. The lowest BCUT2D eigenvalue weighted by atomic mass is 10.1. The first-order chi connectivity index (χ1) is 11.5. The molecule has 5 nitrogen and oxygen atoms in total. The van der Waals surface area contributed by atoms with Crippen LogP contribution in [0.2, 0.25) is 0 Å². The molecule has 0 saturated heterocycles. The van der Waals surface area contributed by atoms with Gasteiger partial charge in [-0.2, -0.15) is 0 Å². The molecular weight excluding hydrogens is 300 g/mol. The van der Waals surface area contributed by atoms with E-state index in [1.54, 1.807) is 18.3 Å². The molecule has 0 aliphatic heterocycles. The summed E-state index contributed by atoms with van der Waals surface area (Å²) in [6.07, 6.45) is 2.62. The third-order valence-electron chi connectivity index (χ3n) is 3.69. The van der Waals surface area contributed by atoms with Gasteiger partial charge in [-0.25, -0.2) is 4.98 Å². The van der Waals surface area contributed by atoms with Crippen LogP contribution in [0.4, 0.5) is 17.2 Å². The van der Waals surface area contributed by atoms with Crippen molar-refractivity contribution in [2.45, 2.75) is 20.3 Å². The Morgan fingerprint density at radius 2 is 1.88 bits per heavy atom. The molecule has 1 amide bonds. The first-order valence-electron chi connectivity index (χ1n) is 8.24. The van der Waals surface area contributed by atoms with Crippen LogP contribution in [-0.2, 0) is 0 Å². The molecule has 2 N–H and O–H groups in total. The van der Waals surface area contributed by atoms with Crippen molar-refractivity contribution in [3.8, 4) is 0 Å². The largest absolute Gasteiger partial charge is 0.378 e. The first kappa shape index (κ1) is 17.8. The standard InChI is InChI=1S/C19H26N4O/c1-14(2)9-11-21-19(24)15-10-12-20-18(13-15)22-16-5-7-17(8-6-16)23(3)4/h5-8,10,12-14H,9,11H2,1-4H3,(H,20,22)(H,21,24). The van der Waals surface area contributed by atoms with Crippen molar-refractivity contribution in [3.05, 3.63) is 48.2 Å². The van der Waals surface area contributed by atoms with Gasteiger partial charge in [0.05, 0.1) is 0 Å². The molecule has 0 radical (unpaired) electrons. The minimum atomic E-state index is -0.0657. The predicted molar refractivity (Wildman–Crippen MR) is 100 cm³/mol. The predicted octanol–water partition coefficient (Wildman–Crippen LogP) is 3.67. The zero-order valence-electron chi connectivity index (χ0n) is 14.8. The number of hydrogen-bond donors (Lipinski definition) is 2. The lowest BCUT2D eigenvalue weighted by Crippen LogP contribution is -2.25. The van der Waals surface area contributed by atoms with Gasteiger partial charge in [0.15, 0.2) is 0 Å². The summed E-state index contributed by atoms with van der Waals surface area (Å²) in [6, 6.07) is 11.5. The Hall–Kier alpha value is -2.56. The van der Waals surface area contributed by atoms with Crippen molar-refractivity contribution in [1.29, 1.82) is 0 Å². The van der Waals surface area contributed by atoms with Gasteiger partial charge in [-0.05, 0) is 48.7 Å². The number of carbonyl (C=O) groups is 1. The summed E-state index contributed by atoms with van der Waals surface area (Å²) in [5.74, 6) is 1.17. The Morgan fingerprint density at radius 3 is 2.50 bits per heavy atom. The van der Waals surface area contributed by atoms with Crippen LogP contribution in [0.1, 0.15) is 30.6 Å². The van der Waals surface area contributed by atoms with Crippen LogP contribution in [0.25, 0.3) is 0 Å². The van der Waals surface area contributed by atoms with Gasteiger partial charge in [0.25, 0.3) is 5.91 Å². The smallest absolute Gasteiger partial charge is 0.251 e. The maximum Gasteiger partial charge on any atom is 0.251 e. The zero-order valence-corrected chi connectivity index (χ0v) is 14.8. The summed E-state index contributed by atoms with van der Waals surface area (Å²) in [7, 11) is 4.01. The normalized spacial score (nSPS) is 10.5. The first-order valence-corrected chi connectivity index (χ1v) is 8.24. The van der Waals surface area contributed by atoms with E-state index >= 15 is 0 Å². The highest BCUT2D eigenvalue weighted by Gasteiger charge is 2.07. The van der Waals surface area contributed by atoms with Gasteiger partial charge in [-0.3, -0.25) is 4.79 Å². The lowest BCUT2D eigenvalue weighted by Gasteiger charge is -2.13. The van der Waals surface area contributed by atoms with Crippen molar-refractivity contribution in [2.75, 3.05) is 30.9 Å². The molecule has 0 atom stereocenters. The van der Waals surface area contributed by atoms with Crippen molar-refractivity contribution in [3.63, 3.8) is 0 Å². The van der Waals surface area contributed by atoms with Gasteiger partial charge in [0.2, 0.25) is 0 Å². The molecule has 2 rings (SSSR count). The van der Waals surface area contributed by atoms with Crippen LogP contribution in [0.15, 0.2) is 42.6 Å². The Morgan fingerprint density at radius 1 is 1.17 bits per heavy atom. The van der Waals surface area contributed by atoms with Crippen molar-refractivity contribution in [1.82, 2.24) is 10.3 Å². The third-order valence-corrected chi connectivity index (χ3v) is 3.69. The van der Waals surface area contributed by atoms with Crippen molar-refractivity contribution >= 4 is 23.1 Å². The van der Waals surface area contributed by atoms with Gasteiger partial charge in [0.1, 0.15) is 5.82 Å². The van der Waals surface area contributed by atoms with E-state index in [1.807, 2.05) is 43.3 Å². The minimum Gasteiger partial charge on any atom is -0.378 e. The molecule has 1 aromatic heterocycles. The van der Waals surface area contributed by atoms with Gasteiger partial charge in [0, 0.05) is 43.8 Å². The molecule has 1 heterocycles. The fourth-order valence-corrected chi connectivity index (χ4v) is 2.21. The lowest BCUT2D eigenvalue weighted by molar-refractivity contribution is 0.0952. The van der Waals surface area contributed by atoms with Gasteiger partial charge in [-0.1, -0.05) is 13.8 Å². The Kier molecular flexibility index (Phi) is 6.18. The topological polar surface area (TPSA) is 57.3 Å². The number of carbonyl (C=O) groups excluding carboxylic acids is 1. The van der Waals surface area contributed by atoms with Crippen molar-refractivity contribution < 1.29 is 4.79 Å². The second kappa shape index (κ2) is 8.34. The molecule has 24 heavy (non-hydrogen) atoms. The molecular formula is C19H26N4O. The van der Waals surface area contributed by atoms with E-state index in [0.717, 1.165) is 17.8 Å². The number of aromatic nitrogens is 1. The number of benzene rings is 1. The summed E-state index contributed by atoms with van der Waals surface area (Å²) >= 11 is 0. The maximum atomic E-state index is 12.2. The second-order valence-electron chi connectivity index (χ2n) is 6.43. The van der Waals surface area contributed by atoms with Crippen molar-refractivity contribution in [2.24, 2.45) is 5.92 Å². The molecule has 0 bridgehead atoms. The number of rotatable bonds is 7. The van der Waals surface area contributed by atoms with Crippen LogP contribution in [-0.4, -0.2) is 31.5 Å². The van der Waals surface area contributed by atoms with E-state index < -0.39 is 0 Å². The highest BCUT2D eigenvalue weighted by Crippen LogP contribution is 2.19. The quantitative estimate of drug-likeness (QED) is 0.815. The number of anilines is 3. The molecule has 5 heteroatoms. The molecule has 1 aromatic carbocycles. The van der Waals surface area contributed by atoms with Crippen LogP contribution in [0.5, 0.6) is 0 Å². The summed E-state index contributed by atoms with van der Waals surface area (Å²) < 4.78 is 0. The van der Waals surface area contributed by atoms with Gasteiger partial charge in [-0.15, -0.1) is 0 Å². The second-order valence-corrected chi connectivity index (χ2v) is 6.43. The van der Waals surface area contributed by atoms with Crippen LogP contribution >= 0.6 is 0 Å². The minimum absolute atomic E-state index is 0.0657. The van der Waals surface area contributed by atoms with E-state index in [9.17, 15) is 4.79 Å². The molecule has 0 aliphatic carbocycles. The highest BCUT2D eigenvalue weighted by molar-refractivity contribution is 5.94. The van der Waals surface area contributed by atoms with E-state index in [0.29, 0.717) is 23.8 Å². The summed E-state index contributed by atoms with van der Waals surface area (Å²) in [5, 5.41) is 6.17. The number of nitrogens with one attached hydrogen (secondary N) is 2. The Labute approximate surface area is 144 Å². The Balaban J connectivity index is 2.00. The van der Waals surface area contributed by atoms with E-state index in [1.165, 1.54) is 0 Å². The summed E-state index contributed by atoms with van der Waals surface area (Å²) in [5.41, 5.74) is 2.68. The molecule has 0 saturated carbocycles. The molecule has 0 unspecified atom stereocenters. The maximum absolute atomic E-state index is 12.2. The third kappa shape index (κ3) is 5.26. The Bertz CT molecular complexity index is 665. The number of nitrogens with zero attached hydrogens (tertiary/aromatic N) is 2. The molecule has 128 valence electrons. The molecule has 0 spiro atoms.